The van der Waals surface area contributed by atoms with Crippen LogP contribution in [0.1, 0.15) is 25.3 Å². The molecule has 4 heterocycles. The lowest BCUT2D eigenvalue weighted by molar-refractivity contribution is -0.156. The molecule has 3 fully saturated rings. The second-order valence-electron chi connectivity index (χ2n) is 8.55. The van der Waals surface area contributed by atoms with Gasteiger partial charge < -0.3 is 14.7 Å². The van der Waals surface area contributed by atoms with Gasteiger partial charge in [0, 0.05) is 36.5 Å². The lowest BCUT2D eigenvalue weighted by Crippen LogP contribution is -2.66. The van der Waals surface area contributed by atoms with Gasteiger partial charge in [-0.25, -0.2) is 0 Å². The van der Waals surface area contributed by atoms with Crippen LogP contribution in [0.4, 0.5) is 5.69 Å². The molecule has 6 atom stereocenters. The maximum Gasteiger partial charge on any atom is 0.224 e. The lowest BCUT2D eigenvalue weighted by Gasteiger charge is -2.56. The van der Waals surface area contributed by atoms with Gasteiger partial charge in [0.2, 0.25) is 5.91 Å². The van der Waals surface area contributed by atoms with Gasteiger partial charge >= 0.3 is 0 Å². The predicted octanol–water partition coefficient (Wildman–Crippen LogP) is 1.66. The molecule has 1 N–H and O–H groups in total. The monoisotopic (exact) mass is 352 g/mol. The number of aliphatic hydroxyl groups excluding tert-OH is 1. The van der Waals surface area contributed by atoms with Crippen molar-refractivity contribution in [2.75, 3.05) is 24.6 Å². The summed E-state index contributed by atoms with van der Waals surface area (Å²) in [4.78, 5) is 17.4. The first-order valence-electron chi connectivity index (χ1n) is 9.75. The average molecular weight is 352 g/mol. The van der Waals surface area contributed by atoms with E-state index in [0.29, 0.717) is 18.6 Å². The number of amides is 1. The largest absolute Gasteiger partial charge is 0.368 e. The number of fused-ring (bicyclic) bond motifs is 2. The zero-order valence-corrected chi connectivity index (χ0v) is 15.0. The highest BCUT2D eigenvalue weighted by Gasteiger charge is 2.69. The number of hydrogen-bond acceptors (Lipinski definition) is 4. The molecule has 1 aliphatic carbocycles. The fourth-order valence-electron chi connectivity index (χ4n) is 6.99. The molecule has 5 aliphatic rings. The van der Waals surface area contributed by atoms with Crippen LogP contribution in [0.2, 0.25) is 0 Å². The quantitative estimate of drug-likeness (QED) is 0.722. The summed E-state index contributed by atoms with van der Waals surface area (Å²) in [6, 6.07) is 8.83. The van der Waals surface area contributed by atoms with E-state index in [9.17, 15) is 9.90 Å². The summed E-state index contributed by atoms with van der Waals surface area (Å²) in [6.07, 6.45) is 3.47. The highest BCUT2D eigenvalue weighted by atomic mass is 16.6. The van der Waals surface area contributed by atoms with Crippen LogP contribution in [0.15, 0.2) is 35.9 Å². The van der Waals surface area contributed by atoms with Crippen molar-refractivity contribution in [1.29, 1.82) is 0 Å². The molecule has 1 spiro atoms. The van der Waals surface area contributed by atoms with E-state index in [4.69, 9.17) is 4.74 Å². The first kappa shape index (κ1) is 15.4. The Kier molecular flexibility index (Phi) is 2.94. The van der Waals surface area contributed by atoms with E-state index in [0.717, 1.165) is 31.6 Å². The number of carbonyl (C=O) groups excluding carboxylic acids is 1. The first-order chi connectivity index (χ1) is 12.6. The molecule has 0 aromatic heterocycles. The Morgan fingerprint density at radius 3 is 3.04 bits per heavy atom. The van der Waals surface area contributed by atoms with E-state index in [1.807, 2.05) is 11.0 Å². The molecular weight excluding hydrogens is 328 g/mol. The molecule has 6 rings (SSSR count). The van der Waals surface area contributed by atoms with E-state index < -0.39 is 6.29 Å². The van der Waals surface area contributed by atoms with Crippen LogP contribution < -0.4 is 4.90 Å². The summed E-state index contributed by atoms with van der Waals surface area (Å²) in [6.45, 7) is 4.18. The number of benzene rings is 1. The van der Waals surface area contributed by atoms with Crippen LogP contribution in [0, 0.1) is 11.8 Å². The number of para-hydroxylation sites is 1. The van der Waals surface area contributed by atoms with Gasteiger partial charge in [-0.15, -0.1) is 0 Å². The van der Waals surface area contributed by atoms with E-state index in [1.54, 1.807) is 6.92 Å². The van der Waals surface area contributed by atoms with E-state index in [-0.39, 0.29) is 23.3 Å². The molecule has 1 saturated carbocycles. The molecule has 5 nitrogen and oxygen atoms in total. The van der Waals surface area contributed by atoms with Gasteiger partial charge in [0.1, 0.15) is 0 Å². The third kappa shape index (κ3) is 1.61. The number of piperidine rings is 1. The third-order valence-electron chi connectivity index (χ3n) is 7.77. The van der Waals surface area contributed by atoms with Gasteiger partial charge in [-0.2, -0.15) is 0 Å². The minimum absolute atomic E-state index is 0.0250. The molecule has 136 valence electrons. The normalized spacial score (nSPS) is 42.8. The smallest absolute Gasteiger partial charge is 0.224 e. The van der Waals surface area contributed by atoms with Crippen molar-refractivity contribution in [2.45, 2.75) is 43.6 Å². The van der Waals surface area contributed by atoms with Crippen LogP contribution in [0.3, 0.4) is 0 Å². The maximum absolute atomic E-state index is 12.8. The number of carbonyl (C=O) groups is 1. The van der Waals surface area contributed by atoms with Crippen molar-refractivity contribution in [3.05, 3.63) is 41.5 Å². The van der Waals surface area contributed by atoms with Gasteiger partial charge in [0.05, 0.1) is 12.6 Å². The fraction of sp³-hybridized carbons (Fsp3) is 0.571. The minimum atomic E-state index is -0.820. The Bertz CT molecular complexity index is 836. The lowest BCUT2D eigenvalue weighted by atomic mass is 9.55. The number of nitrogens with zero attached hydrogens (tertiary/aromatic N) is 2. The van der Waals surface area contributed by atoms with Crippen LogP contribution >= 0.6 is 0 Å². The molecule has 26 heavy (non-hydrogen) atoms. The number of ether oxygens (including phenoxy) is 1. The average Bonchev–Trinajstić information content (AvgIpc) is 3.10. The van der Waals surface area contributed by atoms with Crippen molar-refractivity contribution < 1.29 is 14.6 Å². The van der Waals surface area contributed by atoms with Crippen LogP contribution in [0.5, 0.6) is 0 Å². The second-order valence-corrected chi connectivity index (χ2v) is 8.55. The first-order valence-corrected chi connectivity index (χ1v) is 9.75. The highest BCUT2D eigenvalue weighted by molar-refractivity contribution is 5.96. The molecule has 2 bridgehead atoms. The molecule has 1 unspecified atom stereocenters. The Morgan fingerprint density at radius 1 is 1.35 bits per heavy atom. The maximum atomic E-state index is 12.8. The highest BCUT2D eigenvalue weighted by Crippen LogP contribution is 2.64. The number of hydrogen-bond donors (Lipinski definition) is 1. The summed E-state index contributed by atoms with van der Waals surface area (Å²) >= 11 is 0. The zero-order valence-electron chi connectivity index (χ0n) is 15.0. The van der Waals surface area contributed by atoms with Crippen molar-refractivity contribution >= 4 is 11.6 Å². The summed E-state index contributed by atoms with van der Waals surface area (Å²) in [5.74, 6) is 0.317. The summed E-state index contributed by atoms with van der Waals surface area (Å²) in [5.41, 5.74) is 3.66. The van der Waals surface area contributed by atoms with Crippen molar-refractivity contribution in [1.82, 2.24) is 4.90 Å². The minimum Gasteiger partial charge on any atom is -0.368 e. The van der Waals surface area contributed by atoms with Gasteiger partial charge in [-0.05, 0) is 36.9 Å². The van der Waals surface area contributed by atoms with Crippen molar-refractivity contribution in [3.63, 3.8) is 0 Å². The van der Waals surface area contributed by atoms with Gasteiger partial charge in [0.25, 0.3) is 0 Å². The topological polar surface area (TPSA) is 53.0 Å². The predicted molar refractivity (Wildman–Crippen MR) is 96.7 cm³/mol. The van der Waals surface area contributed by atoms with Gasteiger partial charge in [-0.1, -0.05) is 29.8 Å². The van der Waals surface area contributed by atoms with E-state index in [1.165, 1.54) is 11.1 Å². The second kappa shape index (κ2) is 4.97. The van der Waals surface area contributed by atoms with Crippen LogP contribution in [-0.4, -0.2) is 54.0 Å². The zero-order chi connectivity index (χ0) is 17.6. The van der Waals surface area contributed by atoms with Crippen LogP contribution in [0.25, 0.3) is 0 Å². The Labute approximate surface area is 153 Å². The Hall–Kier alpha value is -1.69. The van der Waals surface area contributed by atoms with E-state index in [2.05, 4.69) is 29.2 Å². The van der Waals surface area contributed by atoms with Crippen molar-refractivity contribution in [3.8, 4) is 0 Å². The number of anilines is 1. The standard InChI is InChI=1S/C21H24N2O3/c1-12(24)23-16-5-3-2-4-15(16)21-7-8-22-11-13-6-9-26-20(25)18(19(21)23)14(13)10-17(21)22/h2-6,14,17-20,25H,7-11H2,1H3/t14-,17-,18+,19-,20+,21?/m0/s1. The molecule has 2 saturated heterocycles. The summed E-state index contributed by atoms with van der Waals surface area (Å²) < 4.78 is 5.78. The molecule has 1 amide bonds. The number of aliphatic hydroxyl groups is 1. The molecule has 4 aliphatic heterocycles. The van der Waals surface area contributed by atoms with E-state index >= 15 is 0 Å². The van der Waals surface area contributed by atoms with Gasteiger partial charge in [0.15, 0.2) is 6.29 Å². The summed E-state index contributed by atoms with van der Waals surface area (Å²) in [7, 11) is 0. The Morgan fingerprint density at radius 2 is 2.19 bits per heavy atom. The molecule has 1 aromatic carbocycles. The van der Waals surface area contributed by atoms with Gasteiger partial charge in [-0.3, -0.25) is 9.69 Å². The number of rotatable bonds is 0. The molecule has 0 radical (unpaired) electrons. The third-order valence-corrected chi connectivity index (χ3v) is 7.77. The summed E-state index contributed by atoms with van der Waals surface area (Å²) in [5, 5.41) is 11.0. The molecule has 1 aromatic rings. The Balaban J connectivity index is 1.64. The van der Waals surface area contributed by atoms with Crippen molar-refractivity contribution in [2.24, 2.45) is 11.8 Å². The SMILES string of the molecule is CC(=O)N1c2ccccc2C23CCN4CC5=CCO[C@@H](O)[C@@H]([C@H]12)[C@H]5C[C@H]43. The molecular formula is C21H24N2O3. The fourth-order valence-corrected chi connectivity index (χ4v) is 6.99. The van der Waals surface area contributed by atoms with Crippen LogP contribution in [-0.2, 0) is 14.9 Å². The molecule has 5 heteroatoms.